The van der Waals surface area contributed by atoms with Crippen molar-refractivity contribution in [3.05, 3.63) is 23.4 Å². The van der Waals surface area contributed by atoms with Crippen molar-refractivity contribution >= 4 is 23.2 Å². The lowest BCUT2D eigenvalue weighted by Gasteiger charge is -2.36. The van der Waals surface area contributed by atoms with Crippen molar-refractivity contribution in [1.29, 1.82) is 0 Å². The second-order valence-electron chi connectivity index (χ2n) is 7.01. The summed E-state index contributed by atoms with van der Waals surface area (Å²) in [6.45, 7) is 8.59. The Morgan fingerprint density at radius 2 is 2.04 bits per heavy atom. The fourth-order valence-corrected chi connectivity index (χ4v) is 3.72. The molecule has 1 unspecified atom stereocenters. The Labute approximate surface area is 162 Å². The molecule has 1 aliphatic rings. The van der Waals surface area contributed by atoms with E-state index < -0.39 is 6.04 Å². The highest BCUT2D eigenvalue weighted by molar-refractivity contribution is 7.13. The third-order valence-corrected chi connectivity index (χ3v) is 5.41. The fourth-order valence-electron chi connectivity index (χ4n) is 3.07. The summed E-state index contributed by atoms with van der Waals surface area (Å²) in [6, 6.07) is 3.44. The van der Waals surface area contributed by atoms with Crippen LogP contribution in [0.5, 0.6) is 0 Å². The first-order valence-corrected chi connectivity index (χ1v) is 9.96. The first-order valence-electron chi connectivity index (χ1n) is 9.08. The standard InChI is InChI=1S/C18H25N5O3S/c1-12(2)16(19-13(3)24)18(25)23-8-6-22(7-9-23)11-15-20-17(21-26-15)14-5-4-10-27-14/h4-5,10,12,16H,6-9,11H2,1-3H3,(H,19,24). The van der Waals surface area contributed by atoms with Crippen molar-refractivity contribution in [3.63, 3.8) is 0 Å². The lowest BCUT2D eigenvalue weighted by atomic mass is 10.0. The van der Waals surface area contributed by atoms with Crippen LogP contribution in [-0.2, 0) is 16.1 Å². The van der Waals surface area contributed by atoms with Gasteiger partial charge in [0.1, 0.15) is 6.04 Å². The van der Waals surface area contributed by atoms with E-state index >= 15 is 0 Å². The summed E-state index contributed by atoms with van der Waals surface area (Å²) < 4.78 is 5.35. The predicted molar refractivity (Wildman–Crippen MR) is 102 cm³/mol. The Kier molecular flexibility index (Phi) is 6.22. The zero-order chi connectivity index (χ0) is 19.4. The normalized spacial score (nSPS) is 16.5. The molecule has 0 bridgehead atoms. The maximum atomic E-state index is 12.7. The minimum Gasteiger partial charge on any atom is -0.344 e. The highest BCUT2D eigenvalue weighted by atomic mass is 32.1. The molecular formula is C18H25N5O3S. The van der Waals surface area contributed by atoms with Gasteiger partial charge in [-0.3, -0.25) is 14.5 Å². The van der Waals surface area contributed by atoms with Crippen LogP contribution in [0.25, 0.3) is 10.7 Å². The van der Waals surface area contributed by atoms with Gasteiger partial charge in [-0.25, -0.2) is 0 Å². The molecule has 3 heterocycles. The van der Waals surface area contributed by atoms with Crippen LogP contribution in [0.2, 0.25) is 0 Å². The molecule has 1 N–H and O–H groups in total. The maximum Gasteiger partial charge on any atom is 0.245 e. The second-order valence-corrected chi connectivity index (χ2v) is 7.96. The molecule has 2 amide bonds. The van der Waals surface area contributed by atoms with E-state index in [1.54, 1.807) is 11.3 Å². The molecular weight excluding hydrogens is 366 g/mol. The van der Waals surface area contributed by atoms with Crippen molar-refractivity contribution in [2.45, 2.75) is 33.4 Å². The average Bonchev–Trinajstić information content (AvgIpc) is 3.31. The molecule has 9 heteroatoms. The zero-order valence-corrected chi connectivity index (χ0v) is 16.7. The van der Waals surface area contributed by atoms with E-state index in [4.69, 9.17) is 4.52 Å². The molecule has 1 saturated heterocycles. The monoisotopic (exact) mass is 391 g/mol. The number of carbonyl (C=O) groups is 2. The van der Waals surface area contributed by atoms with Gasteiger partial charge in [0.05, 0.1) is 11.4 Å². The maximum absolute atomic E-state index is 12.7. The third kappa shape index (κ3) is 4.92. The van der Waals surface area contributed by atoms with Crippen molar-refractivity contribution in [1.82, 2.24) is 25.3 Å². The highest BCUT2D eigenvalue weighted by Gasteiger charge is 2.30. The Morgan fingerprint density at radius 1 is 1.30 bits per heavy atom. The average molecular weight is 391 g/mol. The summed E-state index contributed by atoms with van der Waals surface area (Å²) in [5.41, 5.74) is 0. The summed E-state index contributed by atoms with van der Waals surface area (Å²) in [4.78, 5) is 33.6. The molecule has 0 spiro atoms. The summed E-state index contributed by atoms with van der Waals surface area (Å²) in [5.74, 6) is 1.05. The van der Waals surface area contributed by atoms with Gasteiger partial charge in [0, 0.05) is 33.1 Å². The van der Waals surface area contributed by atoms with Gasteiger partial charge in [0.2, 0.25) is 23.5 Å². The van der Waals surface area contributed by atoms with E-state index in [9.17, 15) is 9.59 Å². The van der Waals surface area contributed by atoms with Gasteiger partial charge >= 0.3 is 0 Å². The van der Waals surface area contributed by atoms with Crippen LogP contribution in [0.15, 0.2) is 22.0 Å². The number of nitrogens with one attached hydrogen (secondary N) is 1. The van der Waals surface area contributed by atoms with Gasteiger partial charge in [0.25, 0.3) is 0 Å². The van der Waals surface area contributed by atoms with Gasteiger partial charge in [-0.2, -0.15) is 4.98 Å². The van der Waals surface area contributed by atoms with Crippen LogP contribution in [0.1, 0.15) is 26.7 Å². The first kappa shape index (κ1) is 19.5. The molecule has 0 aromatic carbocycles. The summed E-state index contributed by atoms with van der Waals surface area (Å²) in [6.07, 6.45) is 0. The molecule has 0 saturated carbocycles. The second kappa shape index (κ2) is 8.62. The number of carbonyl (C=O) groups excluding carboxylic acids is 2. The molecule has 2 aromatic rings. The summed E-state index contributed by atoms with van der Waals surface area (Å²) in [5, 5.41) is 8.78. The van der Waals surface area contributed by atoms with Gasteiger partial charge < -0.3 is 14.7 Å². The topological polar surface area (TPSA) is 91.6 Å². The Bertz CT molecular complexity index is 766. The molecule has 27 heavy (non-hydrogen) atoms. The van der Waals surface area contributed by atoms with Crippen molar-refractivity contribution < 1.29 is 14.1 Å². The van der Waals surface area contributed by atoms with Crippen LogP contribution in [0.3, 0.4) is 0 Å². The Morgan fingerprint density at radius 3 is 2.63 bits per heavy atom. The fraction of sp³-hybridized carbons (Fsp3) is 0.556. The van der Waals surface area contributed by atoms with Gasteiger partial charge in [-0.05, 0) is 17.4 Å². The molecule has 1 aliphatic heterocycles. The van der Waals surface area contributed by atoms with E-state index in [0.717, 1.165) is 18.0 Å². The number of rotatable bonds is 6. The SMILES string of the molecule is CC(=O)NC(C(=O)N1CCN(Cc2nc(-c3cccs3)no2)CC1)C(C)C. The molecule has 0 aliphatic carbocycles. The van der Waals surface area contributed by atoms with Crippen molar-refractivity contribution in [2.75, 3.05) is 26.2 Å². The minimum atomic E-state index is -0.474. The van der Waals surface area contributed by atoms with Crippen molar-refractivity contribution in [3.8, 4) is 10.7 Å². The number of hydrogen-bond acceptors (Lipinski definition) is 7. The smallest absolute Gasteiger partial charge is 0.245 e. The molecule has 2 aromatic heterocycles. The lowest BCUT2D eigenvalue weighted by molar-refractivity contribution is -0.139. The van der Waals surface area contributed by atoms with Crippen LogP contribution in [-0.4, -0.2) is 64.0 Å². The van der Waals surface area contributed by atoms with Crippen LogP contribution < -0.4 is 5.32 Å². The highest BCUT2D eigenvalue weighted by Crippen LogP contribution is 2.21. The van der Waals surface area contributed by atoms with Crippen molar-refractivity contribution in [2.24, 2.45) is 5.92 Å². The van der Waals surface area contributed by atoms with Gasteiger partial charge in [-0.15, -0.1) is 11.3 Å². The van der Waals surface area contributed by atoms with E-state index in [2.05, 4.69) is 20.4 Å². The quantitative estimate of drug-likeness (QED) is 0.804. The number of piperazine rings is 1. The van der Waals surface area contributed by atoms with E-state index in [-0.39, 0.29) is 17.7 Å². The largest absolute Gasteiger partial charge is 0.344 e. The van der Waals surface area contributed by atoms with Gasteiger partial charge in [-0.1, -0.05) is 25.1 Å². The van der Waals surface area contributed by atoms with Crippen LogP contribution in [0.4, 0.5) is 0 Å². The minimum absolute atomic E-state index is 0.0161. The molecule has 0 radical (unpaired) electrons. The molecule has 1 fully saturated rings. The summed E-state index contributed by atoms with van der Waals surface area (Å²) >= 11 is 1.58. The predicted octanol–water partition coefficient (Wildman–Crippen LogP) is 1.60. The van der Waals surface area contributed by atoms with E-state index in [0.29, 0.717) is 31.3 Å². The molecule has 146 valence electrons. The number of hydrogen-bond donors (Lipinski definition) is 1. The lowest BCUT2D eigenvalue weighted by Crippen LogP contribution is -2.56. The number of amides is 2. The van der Waals surface area contributed by atoms with Gasteiger partial charge in [0.15, 0.2) is 0 Å². The summed E-state index contributed by atoms with van der Waals surface area (Å²) in [7, 11) is 0. The van der Waals surface area contributed by atoms with E-state index in [1.807, 2.05) is 36.3 Å². The molecule has 8 nitrogen and oxygen atoms in total. The Balaban J connectivity index is 1.53. The molecule has 1 atom stereocenters. The number of thiophene rings is 1. The number of nitrogens with zero attached hydrogens (tertiary/aromatic N) is 4. The zero-order valence-electron chi connectivity index (χ0n) is 15.8. The molecule has 3 rings (SSSR count). The van der Waals surface area contributed by atoms with E-state index in [1.165, 1.54) is 6.92 Å². The Hall–Kier alpha value is -2.26. The van der Waals surface area contributed by atoms with Crippen LogP contribution >= 0.6 is 11.3 Å². The van der Waals surface area contributed by atoms with Crippen LogP contribution in [0, 0.1) is 5.92 Å². The third-order valence-electron chi connectivity index (χ3n) is 4.54. The number of aromatic nitrogens is 2. The first-order chi connectivity index (χ1) is 12.9.